The monoisotopic (exact) mass is 544 g/mol. The molecule has 1 heterocycles. The molecule has 0 spiro atoms. The molecule has 2 N–H and O–H groups in total. The summed E-state index contributed by atoms with van der Waals surface area (Å²) in [5, 5.41) is 13.3. The van der Waals surface area contributed by atoms with Gasteiger partial charge in [-0.1, -0.05) is 53.0 Å². The summed E-state index contributed by atoms with van der Waals surface area (Å²) in [4.78, 5) is 26.0. The summed E-state index contributed by atoms with van der Waals surface area (Å²) in [5.41, 5.74) is 6.19. The molecule has 5 heteroatoms. The third kappa shape index (κ3) is 4.81. The topological polar surface area (TPSA) is 71.3 Å². The van der Waals surface area contributed by atoms with Gasteiger partial charge in [0.2, 0.25) is 0 Å². The van der Waals surface area contributed by atoms with Gasteiger partial charge in [-0.2, -0.15) is 0 Å². The first kappa shape index (κ1) is 27.6. The summed E-state index contributed by atoms with van der Waals surface area (Å²) in [6, 6.07) is 9.31. The number of carbonyl (C=O) groups is 2. The molecule has 0 saturated heterocycles. The molecule has 5 nitrogen and oxygen atoms in total. The number of hydrogen-bond acceptors (Lipinski definition) is 2. The van der Waals surface area contributed by atoms with Gasteiger partial charge in [-0.05, 0) is 116 Å². The van der Waals surface area contributed by atoms with Crippen LogP contribution in [-0.4, -0.2) is 27.1 Å². The molecular weight excluding hydrogens is 496 g/mol. The first-order chi connectivity index (χ1) is 18.8. The van der Waals surface area contributed by atoms with Crippen LogP contribution in [0.1, 0.15) is 132 Å². The third-order valence-corrected chi connectivity index (χ3v) is 11.2. The van der Waals surface area contributed by atoms with Gasteiger partial charge in [0, 0.05) is 23.5 Å². The van der Waals surface area contributed by atoms with Gasteiger partial charge >= 0.3 is 5.97 Å². The SMILES string of the molecule is Cc1c(C(=O)NC23CCC(C(=O)O)(CC2)C3)cc(-c2cc(C(C)(C)C)cc(C3(C)CC3)c2)n1CC1CCCCC1. The van der Waals surface area contributed by atoms with E-state index in [1.165, 1.54) is 61.6 Å². The zero-order chi connectivity index (χ0) is 28.5. The molecule has 2 aromatic rings. The summed E-state index contributed by atoms with van der Waals surface area (Å²) < 4.78 is 2.44. The van der Waals surface area contributed by atoms with Gasteiger partial charge in [0.05, 0.1) is 11.0 Å². The molecule has 6 rings (SSSR count). The van der Waals surface area contributed by atoms with E-state index in [1.807, 2.05) is 0 Å². The molecule has 0 aliphatic heterocycles. The molecule has 0 unspecified atom stereocenters. The average Bonchev–Trinajstić information content (AvgIpc) is 3.26. The maximum atomic E-state index is 14.0. The lowest BCUT2D eigenvalue weighted by molar-refractivity contribution is -0.148. The average molecular weight is 545 g/mol. The van der Waals surface area contributed by atoms with E-state index in [2.05, 4.69) is 68.8 Å². The lowest BCUT2D eigenvalue weighted by atomic mass is 9.82. The van der Waals surface area contributed by atoms with Crippen LogP contribution in [-0.2, 0) is 22.2 Å². The Kier molecular flexibility index (Phi) is 6.55. The number of hydrogen-bond donors (Lipinski definition) is 2. The van der Waals surface area contributed by atoms with Crippen LogP contribution in [0.15, 0.2) is 24.3 Å². The Labute approximate surface area is 240 Å². The molecule has 4 saturated carbocycles. The number of carboxylic acids is 1. The largest absolute Gasteiger partial charge is 0.481 e. The van der Waals surface area contributed by atoms with Gasteiger partial charge in [-0.15, -0.1) is 0 Å². The lowest BCUT2D eigenvalue weighted by Crippen LogP contribution is -2.45. The highest BCUT2D eigenvalue weighted by atomic mass is 16.4. The molecule has 0 atom stereocenters. The van der Waals surface area contributed by atoms with Crippen LogP contribution in [0.5, 0.6) is 0 Å². The molecule has 216 valence electrons. The number of nitrogens with zero attached hydrogens (tertiary/aromatic N) is 1. The second-order valence-electron chi connectivity index (χ2n) is 15.2. The molecule has 1 aromatic heterocycles. The molecular formula is C35H48N2O3. The Morgan fingerprint density at radius 3 is 2.23 bits per heavy atom. The lowest BCUT2D eigenvalue weighted by Gasteiger charge is -2.28. The summed E-state index contributed by atoms with van der Waals surface area (Å²) in [5.74, 6) is -0.0946. The number of fused-ring (bicyclic) bond motifs is 2. The van der Waals surface area contributed by atoms with Crippen LogP contribution < -0.4 is 5.32 Å². The summed E-state index contributed by atoms with van der Waals surface area (Å²) in [6.45, 7) is 12.3. The molecule has 1 aromatic carbocycles. The van der Waals surface area contributed by atoms with E-state index < -0.39 is 11.4 Å². The van der Waals surface area contributed by atoms with Crippen molar-refractivity contribution in [2.75, 3.05) is 0 Å². The number of amides is 1. The van der Waals surface area contributed by atoms with Crippen molar-refractivity contribution in [3.05, 3.63) is 46.6 Å². The highest BCUT2D eigenvalue weighted by Gasteiger charge is 2.59. The van der Waals surface area contributed by atoms with Crippen LogP contribution in [0.2, 0.25) is 0 Å². The Morgan fingerprint density at radius 1 is 0.975 bits per heavy atom. The standard InChI is InChI=1S/C35H48N2O3/c1-23-28(30(38)36-35-15-13-34(22-35,14-16-35)31(39)40)20-29(37(23)21-24-9-7-6-8-10-24)25-17-26(32(2,3)4)19-27(18-25)33(5)11-12-33/h17-20,24H,6-16,21-22H2,1-5H3,(H,36,38)(H,39,40). The highest BCUT2D eigenvalue weighted by Crippen LogP contribution is 2.56. The van der Waals surface area contributed by atoms with Crippen molar-refractivity contribution >= 4 is 11.9 Å². The molecule has 4 aliphatic carbocycles. The quantitative estimate of drug-likeness (QED) is 0.372. The van der Waals surface area contributed by atoms with Gasteiger partial charge < -0.3 is 15.0 Å². The molecule has 4 fully saturated rings. The van der Waals surface area contributed by atoms with E-state index in [4.69, 9.17) is 0 Å². The number of aromatic nitrogens is 1. The van der Waals surface area contributed by atoms with Crippen LogP contribution in [0.4, 0.5) is 0 Å². The zero-order valence-corrected chi connectivity index (χ0v) is 25.3. The summed E-state index contributed by atoms with van der Waals surface area (Å²) in [7, 11) is 0. The number of benzene rings is 1. The fraction of sp³-hybridized carbons (Fsp3) is 0.657. The van der Waals surface area contributed by atoms with Gasteiger partial charge in [-0.25, -0.2) is 0 Å². The third-order valence-electron chi connectivity index (χ3n) is 11.2. The van der Waals surface area contributed by atoms with Gasteiger partial charge in [0.25, 0.3) is 5.91 Å². The zero-order valence-electron chi connectivity index (χ0n) is 25.3. The molecule has 2 bridgehead atoms. The van der Waals surface area contributed by atoms with Crippen LogP contribution >= 0.6 is 0 Å². The van der Waals surface area contributed by atoms with E-state index in [0.29, 0.717) is 25.2 Å². The predicted molar refractivity (Wildman–Crippen MR) is 160 cm³/mol. The normalized spacial score (nSPS) is 27.6. The van der Waals surface area contributed by atoms with E-state index >= 15 is 0 Å². The predicted octanol–water partition coefficient (Wildman–Crippen LogP) is 7.91. The Morgan fingerprint density at radius 2 is 1.65 bits per heavy atom. The maximum Gasteiger partial charge on any atom is 0.309 e. The smallest absolute Gasteiger partial charge is 0.309 e. The summed E-state index contributed by atoms with van der Waals surface area (Å²) in [6.07, 6.45) is 12.3. The second kappa shape index (κ2) is 9.49. The minimum atomic E-state index is -0.697. The fourth-order valence-corrected chi connectivity index (χ4v) is 7.99. The molecule has 4 aliphatic rings. The number of carboxylic acid groups (broad SMARTS) is 1. The maximum absolute atomic E-state index is 14.0. The minimum absolute atomic E-state index is 0.0345. The number of rotatable bonds is 7. The van der Waals surface area contributed by atoms with Crippen molar-refractivity contribution < 1.29 is 14.7 Å². The number of carbonyl (C=O) groups excluding carboxylic acids is 1. The van der Waals surface area contributed by atoms with Crippen LogP contribution in [0.3, 0.4) is 0 Å². The number of aliphatic carboxylic acids is 1. The van der Waals surface area contributed by atoms with Crippen molar-refractivity contribution in [3.8, 4) is 11.3 Å². The van der Waals surface area contributed by atoms with Crippen molar-refractivity contribution in [2.24, 2.45) is 11.3 Å². The molecule has 0 radical (unpaired) electrons. The van der Waals surface area contributed by atoms with Crippen molar-refractivity contribution in [3.63, 3.8) is 0 Å². The van der Waals surface area contributed by atoms with Crippen LogP contribution in [0.25, 0.3) is 11.3 Å². The Hall–Kier alpha value is -2.56. The van der Waals surface area contributed by atoms with E-state index in [1.54, 1.807) is 0 Å². The molecule has 40 heavy (non-hydrogen) atoms. The van der Waals surface area contributed by atoms with E-state index in [0.717, 1.165) is 36.3 Å². The van der Waals surface area contributed by atoms with Crippen molar-refractivity contribution in [2.45, 2.75) is 135 Å². The van der Waals surface area contributed by atoms with Gasteiger partial charge in [0.1, 0.15) is 0 Å². The number of nitrogens with one attached hydrogen (secondary N) is 1. The van der Waals surface area contributed by atoms with E-state index in [-0.39, 0.29) is 22.3 Å². The fourth-order valence-electron chi connectivity index (χ4n) is 7.99. The van der Waals surface area contributed by atoms with E-state index in [9.17, 15) is 14.7 Å². The van der Waals surface area contributed by atoms with Crippen LogP contribution in [0, 0.1) is 18.3 Å². The van der Waals surface area contributed by atoms with Gasteiger partial charge in [0.15, 0.2) is 0 Å². The van der Waals surface area contributed by atoms with Crippen molar-refractivity contribution in [1.29, 1.82) is 0 Å². The highest BCUT2D eigenvalue weighted by molar-refractivity contribution is 5.97. The van der Waals surface area contributed by atoms with Crippen molar-refractivity contribution in [1.82, 2.24) is 9.88 Å². The Balaban J connectivity index is 1.39. The minimum Gasteiger partial charge on any atom is -0.481 e. The second-order valence-corrected chi connectivity index (χ2v) is 15.2. The summed E-state index contributed by atoms with van der Waals surface area (Å²) >= 11 is 0. The van der Waals surface area contributed by atoms with Gasteiger partial charge in [-0.3, -0.25) is 9.59 Å². The first-order valence-electron chi connectivity index (χ1n) is 15.8. The Bertz CT molecular complexity index is 1300. The molecule has 1 amide bonds. The first-order valence-corrected chi connectivity index (χ1v) is 15.8.